The predicted octanol–water partition coefficient (Wildman–Crippen LogP) is 2.15. The molecule has 1 unspecified atom stereocenters. The van der Waals surface area contributed by atoms with Gasteiger partial charge >= 0.3 is 0 Å². The van der Waals surface area contributed by atoms with Crippen LogP contribution < -0.4 is 0 Å². The summed E-state index contributed by atoms with van der Waals surface area (Å²) < 4.78 is 0. The molecule has 1 atom stereocenters. The minimum absolute atomic E-state index is 0.582. The molecular weight excluding hydrogens is 138 g/mol. The maximum atomic E-state index is 9.83. The van der Waals surface area contributed by atoms with Crippen molar-refractivity contribution in [1.29, 1.82) is 0 Å². The second-order valence-electron chi connectivity index (χ2n) is 3.45. The van der Waals surface area contributed by atoms with Crippen LogP contribution in [0.1, 0.15) is 32.6 Å². The Hall–Kier alpha value is -0.620. The van der Waals surface area contributed by atoms with Crippen LogP contribution in [0.4, 0.5) is 0 Å². The van der Waals surface area contributed by atoms with Gasteiger partial charge in [-0.2, -0.15) is 0 Å². The first-order valence-electron chi connectivity index (χ1n) is 4.38. The summed E-state index contributed by atoms with van der Waals surface area (Å²) in [5, 5.41) is 0. The molecule has 0 saturated heterocycles. The van der Waals surface area contributed by atoms with E-state index in [4.69, 9.17) is 0 Å². The van der Waals surface area contributed by atoms with Gasteiger partial charge < -0.3 is 0 Å². The highest BCUT2D eigenvalue weighted by Crippen LogP contribution is 2.31. The maximum Gasteiger partial charge on any atom is 0.234 e. The van der Waals surface area contributed by atoms with Crippen molar-refractivity contribution in [2.75, 3.05) is 6.54 Å². The summed E-state index contributed by atoms with van der Waals surface area (Å²) in [5.74, 6) is 1.39. The minimum Gasteiger partial charge on any atom is -0.211 e. The van der Waals surface area contributed by atoms with Crippen molar-refractivity contribution in [3.05, 3.63) is 0 Å². The third kappa shape index (κ3) is 2.47. The quantitative estimate of drug-likeness (QED) is 0.451. The first kappa shape index (κ1) is 8.48. The number of isocyanates is 1. The van der Waals surface area contributed by atoms with Crippen LogP contribution in [0.5, 0.6) is 0 Å². The molecule has 1 rings (SSSR count). The Morgan fingerprint density at radius 2 is 2.18 bits per heavy atom. The highest BCUT2D eigenvalue weighted by atomic mass is 16.1. The van der Waals surface area contributed by atoms with Gasteiger partial charge in [0.15, 0.2) is 0 Å². The van der Waals surface area contributed by atoms with Crippen LogP contribution in [-0.2, 0) is 4.79 Å². The Labute approximate surface area is 67.7 Å². The fraction of sp³-hybridized carbons (Fsp3) is 0.889. The number of hydrogen-bond donors (Lipinski definition) is 0. The van der Waals surface area contributed by atoms with E-state index in [0.717, 1.165) is 5.92 Å². The Morgan fingerprint density at radius 3 is 2.73 bits per heavy atom. The van der Waals surface area contributed by atoms with Gasteiger partial charge in [-0.15, -0.1) is 0 Å². The average molecular weight is 153 g/mol. The van der Waals surface area contributed by atoms with Crippen LogP contribution in [0.3, 0.4) is 0 Å². The lowest BCUT2D eigenvalue weighted by Gasteiger charge is -2.14. The molecule has 0 aromatic carbocycles. The lowest BCUT2D eigenvalue weighted by atomic mass is 9.93. The Bertz CT molecular complexity index is 155. The minimum atomic E-state index is 0.582. The zero-order chi connectivity index (χ0) is 8.10. The Balaban J connectivity index is 2.27. The van der Waals surface area contributed by atoms with Gasteiger partial charge in [0, 0.05) is 0 Å². The van der Waals surface area contributed by atoms with Gasteiger partial charge in [0.25, 0.3) is 0 Å². The van der Waals surface area contributed by atoms with Crippen LogP contribution in [0.15, 0.2) is 4.99 Å². The lowest BCUT2D eigenvalue weighted by molar-refractivity contribution is 0.375. The summed E-state index contributed by atoms with van der Waals surface area (Å²) in [6, 6.07) is 0. The van der Waals surface area contributed by atoms with E-state index in [-0.39, 0.29) is 0 Å². The molecule has 0 spiro atoms. The zero-order valence-electron chi connectivity index (χ0n) is 7.05. The van der Waals surface area contributed by atoms with Crippen molar-refractivity contribution in [3.8, 4) is 0 Å². The largest absolute Gasteiger partial charge is 0.234 e. The third-order valence-corrected chi connectivity index (χ3v) is 2.65. The van der Waals surface area contributed by atoms with Gasteiger partial charge in [-0.1, -0.05) is 32.6 Å². The molecule has 0 heterocycles. The standard InChI is InChI=1S/C9H15NO/c1-8(6-10-7-11)9-4-2-3-5-9/h8-9H,2-6H2,1H3. The monoisotopic (exact) mass is 153 g/mol. The Morgan fingerprint density at radius 1 is 1.55 bits per heavy atom. The van der Waals surface area contributed by atoms with Gasteiger partial charge in [0.05, 0.1) is 6.54 Å². The summed E-state index contributed by atoms with van der Waals surface area (Å²) in [6.07, 6.45) is 6.98. The third-order valence-electron chi connectivity index (χ3n) is 2.65. The molecule has 2 nitrogen and oxygen atoms in total. The molecule has 0 aromatic rings. The summed E-state index contributed by atoms with van der Waals surface area (Å²) in [7, 11) is 0. The van der Waals surface area contributed by atoms with E-state index in [1.807, 2.05) is 0 Å². The molecular formula is C9H15NO. The van der Waals surface area contributed by atoms with Crippen molar-refractivity contribution in [3.63, 3.8) is 0 Å². The number of nitrogens with zero attached hydrogens (tertiary/aromatic N) is 1. The molecule has 0 amide bonds. The van der Waals surface area contributed by atoms with E-state index in [2.05, 4.69) is 11.9 Å². The Kier molecular flexibility index (Phi) is 3.31. The van der Waals surface area contributed by atoms with E-state index < -0.39 is 0 Å². The van der Waals surface area contributed by atoms with E-state index in [9.17, 15) is 4.79 Å². The summed E-state index contributed by atoms with van der Waals surface area (Å²) in [4.78, 5) is 13.4. The molecule has 0 N–H and O–H groups in total. The fourth-order valence-corrected chi connectivity index (χ4v) is 1.86. The van der Waals surface area contributed by atoms with Crippen molar-refractivity contribution in [2.45, 2.75) is 32.6 Å². The van der Waals surface area contributed by atoms with E-state index in [1.54, 1.807) is 6.08 Å². The molecule has 62 valence electrons. The summed E-state index contributed by atoms with van der Waals surface area (Å²) in [5.41, 5.74) is 0. The van der Waals surface area contributed by atoms with Gasteiger partial charge in [-0.05, 0) is 11.8 Å². The molecule has 1 saturated carbocycles. The number of hydrogen-bond acceptors (Lipinski definition) is 2. The van der Waals surface area contributed by atoms with Crippen LogP contribution in [-0.4, -0.2) is 12.6 Å². The predicted molar refractivity (Wildman–Crippen MR) is 44.1 cm³/mol. The average Bonchev–Trinajstić information content (AvgIpc) is 2.52. The molecule has 0 radical (unpaired) electrons. The maximum absolute atomic E-state index is 9.83. The topological polar surface area (TPSA) is 29.4 Å². The van der Waals surface area contributed by atoms with Crippen molar-refractivity contribution >= 4 is 6.08 Å². The van der Waals surface area contributed by atoms with Crippen LogP contribution >= 0.6 is 0 Å². The highest BCUT2D eigenvalue weighted by molar-refractivity contribution is 5.32. The molecule has 1 aliphatic rings. The summed E-state index contributed by atoms with van der Waals surface area (Å²) >= 11 is 0. The van der Waals surface area contributed by atoms with Gasteiger partial charge in [-0.3, -0.25) is 0 Å². The fourth-order valence-electron chi connectivity index (χ4n) is 1.86. The molecule has 0 bridgehead atoms. The SMILES string of the molecule is CC(CN=C=O)C1CCCC1. The first-order valence-corrected chi connectivity index (χ1v) is 4.38. The second-order valence-corrected chi connectivity index (χ2v) is 3.45. The van der Waals surface area contributed by atoms with Gasteiger partial charge in [-0.25, -0.2) is 9.79 Å². The molecule has 1 fully saturated rings. The van der Waals surface area contributed by atoms with Crippen LogP contribution in [0, 0.1) is 11.8 Å². The highest BCUT2D eigenvalue weighted by Gasteiger charge is 2.20. The van der Waals surface area contributed by atoms with Crippen LogP contribution in [0.25, 0.3) is 0 Å². The first-order chi connectivity index (χ1) is 5.34. The van der Waals surface area contributed by atoms with Gasteiger partial charge in [0.1, 0.15) is 0 Å². The van der Waals surface area contributed by atoms with Gasteiger partial charge in [0.2, 0.25) is 6.08 Å². The number of rotatable bonds is 3. The van der Waals surface area contributed by atoms with Crippen LogP contribution in [0.2, 0.25) is 0 Å². The second kappa shape index (κ2) is 4.30. The molecule has 11 heavy (non-hydrogen) atoms. The normalized spacial score (nSPS) is 21.2. The smallest absolute Gasteiger partial charge is 0.211 e. The van der Waals surface area contributed by atoms with Crippen molar-refractivity contribution in [1.82, 2.24) is 0 Å². The zero-order valence-corrected chi connectivity index (χ0v) is 7.05. The summed E-state index contributed by atoms with van der Waals surface area (Å²) in [6.45, 7) is 2.85. The molecule has 0 aromatic heterocycles. The lowest BCUT2D eigenvalue weighted by Crippen LogP contribution is -2.10. The number of aliphatic imine (C=N–C) groups is 1. The molecule has 0 aliphatic heterocycles. The number of carbonyl (C=O) groups excluding carboxylic acids is 1. The molecule has 1 aliphatic carbocycles. The van der Waals surface area contributed by atoms with Crippen molar-refractivity contribution in [2.24, 2.45) is 16.8 Å². The van der Waals surface area contributed by atoms with Crippen molar-refractivity contribution < 1.29 is 4.79 Å². The van der Waals surface area contributed by atoms with E-state index in [0.29, 0.717) is 12.5 Å². The van der Waals surface area contributed by atoms with E-state index >= 15 is 0 Å². The van der Waals surface area contributed by atoms with E-state index in [1.165, 1.54) is 25.7 Å². The molecule has 2 heteroatoms.